The zero-order valence-electron chi connectivity index (χ0n) is 7.96. The van der Waals surface area contributed by atoms with E-state index < -0.39 is 15.7 Å². The molecule has 1 aromatic rings. The van der Waals surface area contributed by atoms with Crippen molar-refractivity contribution in [2.24, 2.45) is 4.99 Å². The van der Waals surface area contributed by atoms with Gasteiger partial charge in [0.25, 0.3) is 0 Å². The molecule has 0 saturated heterocycles. The van der Waals surface area contributed by atoms with Crippen molar-refractivity contribution in [1.82, 2.24) is 0 Å². The molecule has 0 unspecified atom stereocenters. The molecule has 0 fully saturated rings. The van der Waals surface area contributed by atoms with Gasteiger partial charge in [-0.1, -0.05) is 31.9 Å². The average Bonchev–Trinajstić information content (AvgIpc) is 2.21. The average molecular weight is 375 g/mol. The summed E-state index contributed by atoms with van der Waals surface area (Å²) in [5.41, 5.74) is -0.301. The summed E-state index contributed by atoms with van der Waals surface area (Å²) >= 11 is 5.18. The van der Waals surface area contributed by atoms with E-state index in [1.54, 1.807) is 0 Å². The van der Waals surface area contributed by atoms with Crippen LogP contribution in [0.4, 0.5) is 18.9 Å². The zero-order valence-corrected chi connectivity index (χ0v) is 11.1. The lowest BCUT2D eigenvalue weighted by Gasteiger charge is -2.19. The molecule has 0 aliphatic heterocycles. The number of benzene rings is 1. The molecule has 0 amide bonds. The molecule has 0 heterocycles. The molecule has 3 nitrogen and oxygen atoms in total. The second kappa shape index (κ2) is 5.66. The molecule has 1 aromatic carbocycles. The largest absolute Gasteiger partial charge is 0.431 e. The first kappa shape index (κ1) is 14.2. The summed E-state index contributed by atoms with van der Waals surface area (Å²) < 4.78 is 42.2. The summed E-state index contributed by atoms with van der Waals surface area (Å²) in [6.45, 7) is 0. The normalized spacial score (nSPS) is 11.2. The molecule has 0 aliphatic rings. The molecule has 0 spiro atoms. The van der Waals surface area contributed by atoms with Crippen LogP contribution in [0.15, 0.2) is 23.2 Å². The smallest absolute Gasteiger partial charge is 0.420 e. The van der Waals surface area contributed by atoms with Crippen LogP contribution < -0.4 is 4.74 Å². The van der Waals surface area contributed by atoms with Crippen LogP contribution in [0.3, 0.4) is 0 Å². The second-order valence-corrected chi connectivity index (χ2v) is 5.84. The number of alkyl halides is 4. The number of isocyanates is 1. The van der Waals surface area contributed by atoms with Crippen LogP contribution in [-0.4, -0.2) is 15.9 Å². The molecule has 0 N–H and O–H groups in total. The fourth-order valence-corrected chi connectivity index (χ4v) is 1.08. The fourth-order valence-electron chi connectivity index (χ4n) is 0.893. The van der Waals surface area contributed by atoms with Crippen molar-refractivity contribution in [3.8, 4) is 5.75 Å². The Balaban J connectivity index is 2.95. The molecule has 0 aromatic heterocycles. The van der Waals surface area contributed by atoms with Crippen LogP contribution in [-0.2, 0) is 4.79 Å². The third-order valence-corrected chi connectivity index (χ3v) is 2.66. The maximum absolute atomic E-state index is 13.2. The van der Waals surface area contributed by atoms with E-state index >= 15 is 0 Å². The van der Waals surface area contributed by atoms with Crippen LogP contribution in [0.1, 0.15) is 0 Å². The highest BCUT2D eigenvalue weighted by Gasteiger charge is 2.39. The van der Waals surface area contributed by atoms with Crippen LogP contribution in [0.2, 0.25) is 0 Å². The maximum Gasteiger partial charge on any atom is 0.420 e. The Morgan fingerprint density at radius 2 is 2.06 bits per heavy atom. The summed E-state index contributed by atoms with van der Waals surface area (Å²) in [7, 11) is 0. The van der Waals surface area contributed by atoms with Gasteiger partial charge >= 0.3 is 6.11 Å². The third-order valence-electron chi connectivity index (χ3n) is 1.59. The predicted octanol–water partition coefficient (Wildman–Crippen LogP) is 3.88. The van der Waals surface area contributed by atoms with Crippen molar-refractivity contribution in [3.63, 3.8) is 0 Å². The number of carbonyl (C=O) groups excluding carboxylic acids is 1. The number of aliphatic imine (C=N–C) groups is 1. The number of nitrogens with zero attached hydrogens (tertiary/aromatic N) is 1. The van der Waals surface area contributed by atoms with Crippen molar-refractivity contribution in [1.29, 1.82) is 0 Å². The summed E-state index contributed by atoms with van der Waals surface area (Å²) in [4.78, 5) is 12.9. The molecule has 0 saturated carbocycles. The van der Waals surface area contributed by atoms with E-state index in [1.165, 1.54) is 0 Å². The first-order valence-corrected chi connectivity index (χ1v) is 5.92. The molecule has 0 radical (unpaired) electrons. The van der Waals surface area contributed by atoms with E-state index in [0.29, 0.717) is 6.07 Å². The van der Waals surface area contributed by atoms with Crippen LogP contribution in [0.5, 0.6) is 5.75 Å². The second-order valence-electron chi connectivity index (χ2n) is 2.78. The standard InChI is InChI=1S/C9H4Br2F3NO2/c10-8(11)9(13,14)17-5-1-2-7(15-4-16)6(12)3-5/h1-3,8H. The third kappa shape index (κ3) is 3.83. The molecular weight excluding hydrogens is 371 g/mol. The van der Waals surface area contributed by atoms with E-state index in [0.717, 1.165) is 18.2 Å². The number of halogens is 5. The highest BCUT2D eigenvalue weighted by atomic mass is 79.9. The predicted molar refractivity (Wildman–Crippen MR) is 61.4 cm³/mol. The zero-order chi connectivity index (χ0) is 13.1. The monoisotopic (exact) mass is 373 g/mol. The van der Waals surface area contributed by atoms with Gasteiger partial charge in [0.1, 0.15) is 11.4 Å². The minimum absolute atomic E-state index is 0.301. The number of hydrogen-bond donors (Lipinski definition) is 0. The van der Waals surface area contributed by atoms with Crippen LogP contribution in [0.25, 0.3) is 0 Å². The Kier molecular flexibility index (Phi) is 4.73. The summed E-state index contributed by atoms with van der Waals surface area (Å²) in [6.07, 6.45) is -2.41. The van der Waals surface area contributed by atoms with E-state index in [9.17, 15) is 18.0 Å². The van der Waals surface area contributed by atoms with Crippen molar-refractivity contribution in [2.75, 3.05) is 0 Å². The van der Waals surface area contributed by atoms with Crippen LogP contribution in [0, 0.1) is 5.82 Å². The molecule has 0 bridgehead atoms. The van der Waals surface area contributed by atoms with Crippen molar-refractivity contribution in [2.45, 2.75) is 9.85 Å². The van der Waals surface area contributed by atoms with Gasteiger partial charge < -0.3 is 4.74 Å². The van der Waals surface area contributed by atoms with Gasteiger partial charge in [-0.25, -0.2) is 9.18 Å². The summed E-state index contributed by atoms with van der Waals surface area (Å²) in [6, 6.07) is 2.80. The van der Waals surface area contributed by atoms with Crippen molar-refractivity contribution in [3.05, 3.63) is 24.0 Å². The molecule has 0 aliphatic carbocycles. The minimum Gasteiger partial charge on any atom is -0.431 e. The topological polar surface area (TPSA) is 38.7 Å². The highest BCUT2D eigenvalue weighted by Crippen LogP contribution is 2.33. The number of rotatable bonds is 4. The van der Waals surface area contributed by atoms with Gasteiger partial charge in [-0.3, -0.25) is 0 Å². The van der Waals surface area contributed by atoms with Gasteiger partial charge in [0, 0.05) is 6.07 Å². The lowest BCUT2D eigenvalue weighted by molar-refractivity contribution is -0.158. The first-order chi connectivity index (χ1) is 7.86. The maximum atomic E-state index is 13.2. The molecule has 1 rings (SSSR count). The molecule has 8 heteroatoms. The Hall–Kier alpha value is -0.850. The Morgan fingerprint density at radius 3 is 2.53 bits per heavy atom. The van der Waals surface area contributed by atoms with Gasteiger partial charge in [0.2, 0.25) is 6.08 Å². The summed E-state index contributed by atoms with van der Waals surface area (Å²) in [5.74, 6) is -1.34. The van der Waals surface area contributed by atoms with Crippen molar-refractivity contribution < 1.29 is 22.7 Å². The first-order valence-electron chi connectivity index (χ1n) is 4.09. The fraction of sp³-hybridized carbons (Fsp3) is 0.222. The van der Waals surface area contributed by atoms with E-state index in [1.807, 2.05) is 0 Å². The summed E-state index contributed by atoms with van der Waals surface area (Å²) in [5, 5.41) is 0. The van der Waals surface area contributed by atoms with E-state index in [4.69, 9.17) is 0 Å². The lowest BCUT2D eigenvalue weighted by atomic mass is 10.3. The molecule has 92 valence electrons. The van der Waals surface area contributed by atoms with Gasteiger partial charge in [-0.05, 0) is 12.1 Å². The lowest BCUT2D eigenvalue weighted by Crippen LogP contribution is -2.31. The number of ether oxygens (including phenoxy) is 1. The molecule has 0 atom stereocenters. The SMILES string of the molecule is O=C=Nc1ccc(OC(F)(F)C(Br)Br)cc1F. The van der Waals surface area contributed by atoms with Gasteiger partial charge in [-0.15, -0.1) is 0 Å². The van der Waals surface area contributed by atoms with Crippen molar-refractivity contribution >= 4 is 43.6 Å². The molecule has 17 heavy (non-hydrogen) atoms. The quantitative estimate of drug-likeness (QED) is 0.455. The van der Waals surface area contributed by atoms with E-state index in [-0.39, 0.29) is 11.4 Å². The molecular formula is C9H4Br2F3NO2. The van der Waals surface area contributed by atoms with E-state index in [2.05, 4.69) is 41.6 Å². The van der Waals surface area contributed by atoms with Gasteiger partial charge in [0.05, 0.1) is 0 Å². The minimum atomic E-state index is -3.55. The van der Waals surface area contributed by atoms with Gasteiger partial charge in [0.15, 0.2) is 9.55 Å². The van der Waals surface area contributed by atoms with Gasteiger partial charge in [-0.2, -0.15) is 13.8 Å². The Bertz CT molecular complexity index is 462. The Labute approximate surface area is 111 Å². The number of hydrogen-bond acceptors (Lipinski definition) is 3. The highest BCUT2D eigenvalue weighted by molar-refractivity contribution is 9.24. The Morgan fingerprint density at radius 1 is 1.41 bits per heavy atom. The van der Waals surface area contributed by atoms with Crippen LogP contribution >= 0.6 is 31.9 Å².